The van der Waals surface area contributed by atoms with E-state index in [9.17, 15) is 8.42 Å². The highest BCUT2D eigenvalue weighted by Gasteiger charge is 2.17. The van der Waals surface area contributed by atoms with Crippen LogP contribution in [0.2, 0.25) is 0 Å². The van der Waals surface area contributed by atoms with E-state index >= 15 is 0 Å². The molecule has 0 aromatic heterocycles. The molecule has 0 fully saturated rings. The van der Waals surface area contributed by atoms with Crippen LogP contribution in [0.25, 0.3) is 0 Å². The summed E-state index contributed by atoms with van der Waals surface area (Å²) in [6, 6.07) is 8.28. The van der Waals surface area contributed by atoms with Gasteiger partial charge in [0.05, 0.1) is 4.90 Å². The molecule has 0 radical (unpaired) electrons. The Labute approximate surface area is 115 Å². The van der Waals surface area contributed by atoms with Gasteiger partial charge in [-0.25, -0.2) is 8.42 Å². The quantitative estimate of drug-likeness (QED) is 0.691. The van der Waals surface area contributed by atoms with Gasteiger partial charge in [0.25, 0.3) is 0 Å². The van der Waals surface area contributed by atoms with E-state index in [4.69, 9.17) is 11.6 Å². The third kappa shape index (κ3) is 4.46. The molecule has 0 saturated carbocycles. The van der Waals surface area contributed by atoms with E-state index < -0.39 is 9.84 Å². The fraction of sp³-hybridized carbons (Fsp3) is 0.429. The van der Waals surface area contributed by atoms with Crippen LogP contribution < -0.4 is 0 Å². The van der Waals surface area contributed by atoms with Crippen LogP contribution in [0.15, 0.2) is 45.7 Å². The van der Waals surface area contributed by atoms with Gasteiger partial charge < -0.3 is 0 Å². The second kappa shape index (κ2) is 7.59. The van der Waals surface area contributed by atoms with Crippen molar-refractivity contribution in [1.29, 1.82) is 0 Å². The lowest BCUT2D eigenvalue weighted by Gasteiger charge is -2.02. The summed E-state index contributed by atoms with van der Waals surface area (Å²) in [6.07, 6.45) is 6.76. The Morgan fingerprint density at radius 3 is 2.44 bits per heavy atom. The molecule has 18 heavy (non-hydrogen) atoms. The van der Waals surface area contributed by atoms with E-state index in [1.54, 1.807) is 36.4 Å². The lowest BCUT2D eigenvalue weighted by molar-refractivity contribution is 0.603. The SMILES string of the molecule is CCCCCC/C=C(/Cl)S(=O)(=O)c1ccccc1. The molecule has 0 bridgehead atoms. The molecule has 4 heteroatoms. The predicted molar refractivity (Wildman–Crippen MR) is 76.3 cm³/mol. The Morgan fingerprint density at radius 1 is 1.17 bits per heavy atom. The molecule has 0 unspecified atom stereocenters. The van der Waals surface area contributed by atoms with Crippen LogP contribution in [-0.4, -0.2) is 8.42 Å². The fourth-order valence-electron chi connectivity index (χ4n) is 1.61. The van der Waals surface area contributed by atoms with Gasteiger partial charge in [-0.2, -0.15) is 0 Å². The first-order chi connectivity index (χ1) is 8.59. The highest BCUT2D eigenvalue weighted by atomic mass is 35.5. The van der Waals surface area contributed by atoms with Gasteiger partial charge in [-0.15, -0.1) is 0 Å². The maximum absolute atomic E-state index is 12.1. The van der Waals surface area contributed by atoms with Gasteiger partial charge in [0, 0.05) is 0 Å². The standard InChI is InChI=1S/C14H19ClO2S/c1-2-3-4-5-9-12-14(15)18(16,17)13-10-7-6-8-11-13/h6-8,10-12H,2-5,9H2,1H3/b14-12-. The largest absolute Gasteiger partial charge is 0.218 e. The minimum Gasteiger partial charge on any atom is -0.218 e. The molecule has 0 atom stereocenters. The number of hydrogen-bond acceptors (Lipinski definition) is 2. The number of hydrogen-bond donors (Lipinski definition) is 0. The van der Waals surface area contributed by atoms with Gasteiger partial charge in [-0.1, -0.05) is 62.1 Å². The van der Waals surface area contributed by atoms with Gasteiger partial charge in [-0.3, -0.25) is 0 Å². The van der Waals surface area contributed by atoms with Crippen molar-refractivity contribution in [2.75, 3.05) is 0 Å². The number of allylic oxidation sites excluding steroid dienone is 1. The number of sulfone groups is 1. The van der Waals surface area contributed by atoms with Crippen molar-refractivity contribution in [3.8, 4) is 0 Å². The first kappa shape index (κ1) is 15.3. The van der Waals surface area contributed by atoms with Crippen molar-refractivity contribution < 1.29 is 8.42 Å². The van der Waals surface area contributed by atoms with Crippen LogP contribution in [0, 0.1) is 0 Å². The van der Waals surface area contributed by atoms with E-state index in [1.165, 1.54) is 12.8 Å². The Hall–Kier alpha value is -0.800. The average molecular weight is 287 g/mol. The van der Waals surface area contributed by atoms with Crippen LogP contribution >= 0.6 is 11.6 Å². The molecule has 1 rings (SSSR count). The Bertz CT molecular complexity index is 478. The normalized spacial score (nSPS) is 12.7. The summed E-state index contributed by atoms with van der Waals surface area (Å²) in [4.78, 5) is 0.250. The number of halogens is 1. The Balaban J connectivity index is 2.65. The molecule has 2 nitrogen and oxygen atoms in total. The Kier molecular flexibility index (Phi) is 6.44. The number of unbranched alkanes of at least 4 members (excludes halogenated alkanes) is 4. The molecule has 0 saturated heterocycles. The highest BCUT2D eigenvalue weighted by molar-refractivity contribution is 7.96. The molecule has 0 spiro atoms. The molecule has 0 aliphatic rings. The first-order valence-electron chi connectivity index (χ1n) is 6.25. The van der Waals surface area contributed by atoms with Crippen LogP contribution in [0.3, 0.4) is 0 Å². The van der Waals surface area contributed by atoms with Crippen molar-refractivity contribution in [1.82, 2.24) is 0 Å². The van der Waals surface area contributed by atoms with E-state index in [0.717, 1.165) is 12.8 Å². The summed E-state index contributed by atoms with van der Waals surface area (Å²) < 4.78 is 24.0. The molecule has 0 amide bonds. The van der Waals surface area contributed by atoms with Crippen LogP contribution in [-0.2, 0) is 9.84 Å². The van der Waals surface area contributed by atoms with E-state index in [0.29, 0.717) is 6.42 Å². The zero-order chi connectivity index (χ0) is 13.4. The third-order valence-electron chi connectivity index (χ3n) is 2.67. The van der Waals surface area contributed by atoms with Crippen molar-refractivity contribution in [2.24, 2.45) is 0 Å². The summed E-state index contributed by atoms with van der Waals surface area (Å²) in [5.74, 6) is 0. The Morgan fingerprint density at radius 2 is 1.83 bits per heavy atom. The highest BCUT2D eigenvalue weighted by Crippen LogP contribution is 2.22. The number of benzene rings is 1. The summed E-state index contributed by atoms with van der Waals surface area (Å²) in [5.41, 5.74) is 0. The second-order valence-corrected chi connectivity index (χ2v) is 6.72. The number of rotatable bonds is 7. The summed E-state index contributed by atoms with van der Waals surface area (Å²) in [7, 11) is -3.51. The monoisotopic (exact) mass is 286 g/mol. The van der Waals surface area contributed by atoms with Crippen LogP contribution in [0.1, 0.15) is 39.0 Å². The topological polar surface area (TPSA) is 34.1 Å². The molecule has 100 valence electrons. The summed E-state index contributed by atoms with van der Waals surface area (Å²) in [5, 5.41) is 0. The molecular weight excluding hydrogens is 268 g/mol. The van der Waals surface area contributed by atoms with Crippen molar-refractivity contribution in [2.45, 2.75) is 43.9 Å². The van der Waals surface area contributed by atoms with Gasteiger partial charge >= 0.3 is 0 Å². The van der Waals surface area contributed by atoms with Crippen molar-refractivity contribution >= 4 is 21.4 Å². The van der Waals surface area contributed by atoms with E-state index in [2.05, 4.69) is 6.92 Å². The smallest absolute Gasteiger partial charge is 0.216 e. The molecule has 0 heterocycles. The summed E-state index contributed by atoms with van der Waals surface area (Å²) >= 11 is 5.89. The molecule has 0 aliphatic carbocycles. The second-order valence-electron chi connectivity index (χ2n) is 4.17. The van der Waals surface area contributed by atoms with Crippen LogP contribution in [0.4, 0.5) is 0 Å². The average Bonchev–Trinajstić information content (AvgIpc) is 2.39. The van der Waals surface area contributed by atoms with E-state index in [1.807, 2.05) is 0 Å². The molecular formula is C14H19ClO2S. The molecule has 0 aliphatic heterocycles. The lowest BCUT2D eigenvalue weighted by atomic mass is 10.2. The first-order valence-corrected chi connectivity index (χ1v) is 8.11. The zero-order valence-corrected chi connectivity index (χ0v) is 12.2. The summed E-state index contributed by atoms with van der Waals surface area (Å²) in [6.45, 7) is 2.14. The predicted octanol–water partition coefficient (Wildman–Crippen LogP) is 4.51. The van der Waals surface area contributed by atoms with Gasteiger partial charge in [-0.05, 0) is 25.0 Å². The molecule has 1 aromatic carbocycles. The van der Waals surface area contributed by atoms with Crippen LogP contribution in [0.5, 0.6) is 0 Å². The molecule has 1 aromatic rings. The third-order valence-corrected chi connectivity index (χ3v) is 5.01. The van der Waals surface area contributed by atoms with Gasteiger partial charge in [0.15, 0.2) is 0 Å². The maximum atomic E-state index is 12.1. The lowest BCUT2D eigenvalue weighted by Crippen LogP contribution is -2.00. The van der Waals surface area contributed by atoms with Gasteiger partial charge in [0.1, 0.15) is 4.36 Å². The zero-order valence-electron chi connectivity index (χ0n) is 10.6. The van der Waals surface area contributed by atoms with E-state index in [-0.39, 0.29) is 9.26 Å². The van der Waals surface area contributed by atoms with Crippen molar-refractivity contribution in [3.05, 3.63) is 40.8 Å². The molecule has 0 N–H and O–H groups in total. The minimum absolute atomic E-state index is 0.0646. The minimum atomic E-state index is -3.51. The fourth-order valence-corrected chi connectivity index (χ4v) is 3.06. The maximum Gasteiger partial charge on any atom is 0.216 e. The van der Waals surface area contributed by atoms with Crippen molar-refractivity contribution in [3.63, 3.8) is 0 Å². The van der Waals surface area contributed by atoms with Gasteiger partial charge in [0.2, 0.25) is 9.84 Å².